The lowest BCUT2D eigenvalue weighted by molar-refractivity contribution is 0.0926. The Labute approximate surface area is 97.3 Å². The van der Waals surface area contributed by atoms with Crippen LogP contribution in [-0.4, -0.2) is 29.8 Å². The Morgan fingerprint density at radius 2 is 2.31 bits per heavy atom. The van der Waals surface area contributed by atoms with Crippen LogP contribution in [0.3, 0.4) is 0 Å². The zero-order valence-corrected chi connectivity index (χ0v) is 10.1. The predicted octanol–water partition coefficient (Wildman–Crippen LogP) is 2.66. The summed E-state index contributed by atoms with van der Waals surface area (Å²) in [6.45, 7) is 5.87. The summed E-state index contributed by atoms with van der Waals surface area (Å²) in [5.41, 5.74) is 2.00. The Morgan fingerprint density at radius 1 is 1.50 bits per heavy atom. The average Bonchev–Trinajstić information content (AvgIpc) is 2.64. The second kappa shape index (κ2) is 4.79. The van der Waals surface area contributed by atoms with Crippen LogP contribution in [0.25, 0.3) is 0 Å². The van der Waals surface area contributed by atoms with Gasteiger partial charge in [0.1, 0.15) is 0 Å². The predicted molar refractivity (Wildman–Crippen MR) is 65.8 cm³/mol. The number of aryl methyl sites for hydroxylation is 1. The zero-order valence-electron chi connectivity index (χ0n) is 10.1. The molecule has 1 aliphatic heterocycles. The molecule has 2 heteroatoms. The molecule has 1 saturated heterocycles. The van der Waals surface area contributed by atoms with E-state index in [-0.39, 0.29) is 5.78 Å². The molecule has 0 aromatic heterocycles. The number of ketones is 1. The van der Waals surface area contributed by atoms with Crippen LogP contribution in [0.15, 0.2) is 24.3 Å². The van der Waals surface area contributed by atoms with Gasteiger partial charge in [0.15, 0.2) is 5.78 Å². The van der Waals surface area contributed by atoms with Gasteiger partial charge in [-0.1, -0.05) is 23.8 Å². The van der Waals surface area contributed by atoms with Crippen LogP contribution >= 0.6 is 0 Å². The van der Waals surface area contributed by atoms with Gasteiger partial charge < -0.3 is 0 Å². The smallest absolute Gasteiger partial charge is 0.176 e. The van der Waals surface area contributed by atoms with Crippen molar-refractivity contribution in [2.24, 2.45) is 0 Å². The van der Waals surface area contributed by atoms with E-state index in [4.69, 9.17) is 0 Å². The van der Waals surface area contributed by atoms with Gasteiger partial charge in [-0.3, -0.25) is 9.69 Å². The van der Waals surface area contributed by atoms with Gasteiger partial charge in [-0.25, -0.2) is 0 Å². The van der Waals surface area contributed by atoms with Crippen molar-refractivity contribution in [3.63, 3.8) is 0 Å². The highest BCUT2D eigenvalue weighted by Crippen LogP contribution is 2.17. The number of hydrogen-bond acceptors (Lipinski definition) is 2. The van der Waals surface area contributed by atoms with E-state index in [1.807, 2.05) is 31.2 Å². The number of nitrogens with zero attached hydrogens (tertiary/aromatic N) is 1. The van der Waals surface area contributed by atoms with E-state index < -0.39 is 0 Å². The summed E-state index contributed by atoms with van der Waals surface area (Å²) >= 11 is 0. The van der Waals surface area contributed by atoms with Gasteiger partial charge in [0.2, 0.25) is 0 Å². The summed E-state index contributed by atoms with van der Waals surface area (Å²) in [5, 5.41) is 0. The SMILES string of the molecule is Cc1cccc(C(=O)CN2CCCC2C)c1. The molecule has 0 radical (unpaired) electrons. The number of carbonyl (C=O) groups excluding carboxylic acids is 1. The molecule has 0 aliphatic carbocycles. The minimum absolute atomic E-state index is 0.248. The van der Waals surface area contributed by atoms with Gasteiger partial charge in [-0.05, 0) is 39.3 Å². The van der Waals surface area contributed by atoms with Crippen LogP contribution in [-0.2, 0) is 0 Å². The lowest BCUT2D eigenvalue weighted by Crippen LogP contribution is -2.32. The molecular formula is C14H19NO. The molecule has 0 amide bonds. The molecule has 0 N–H and O–H groups in total. The first-order chi connectivity index (χ1) is 7.66. The third-order valence-electron chi connectivity index (χ3n) is 3.38. The molecule has 1 fully saturated rings. The lowest BCUT2D eigenvalue weighted by atomic mass is 10.1. The minimum Gasteiger partial charge on any atom is -0.293 e. The van der Waals surface area contributed by atoms with Gasteiger partial charge in [0.05, 0.1) is 6.54 Å². The third kappa shape index (κ3) is 2.50. The highest BCUT2D eigenvalue weighted by atomic mass is 16.1. The Balaban J connectivity index is 2.03. The third-order valence-corrected chi connectivity index (χ3v) is 3.38. The van der Waals surface area contributed by atoms with Gasteiger partial charge in [0, 0.05) is 11.6 Å². The molecule has 16 heavy (non-hydrogen) atoms. The first kappa shape index (κ1) is 11.3. The number of benzene rings is 1. The number of Topliss-reactive ketones (excluding diaryl/α,β-unsaturated/α-hetero) is 1. The van der Waals surface area contributed by atoms with E-state index in [2.05, 4.69) is 11.8 Å². The van der Waals surface area contributed by atoms with Crippen molar-refractivity contribution in [1.82, 2.24) is 4.90 Å². The molecular weight excluding hydrogens is 198 g/mol. The van der Waals surface area contributed by atoms with E-state index in [0.29, 0.717) is 12.6 Å². The second-order valence-electron chi connectivity index (χ2n) is 4.75. The maximum atomic E-state index is 12.1. The van der Waals surface area contributed by atoms with Crippen molar-refractivity contribution in [1.29, 1.82) is 0 Å². The first-order valence-electron chi connectivity index (χ1n) is 6.01. The molecule has 2 nitrogen and oxygen atoms in total. The van der Waals surface area contributed by atoms with E-state index >= 15 is 0 Å². The van der Waals surface area contributed by atoms with Gasteiger partial charge >= 0.3 is 0 Å². The van der Waals surface area contributed by atoms with Crippen molar-refractivity contribution in [3.05, 3.63) is 35.4 Å². The Hall–Kier alpha value is -1.15. The van der Waals surface area contributed by atoms with E-state index in [9.17, 15) is 4.79 Å². The summed E-state index contributed by atoms with van der Waals surface area (Å²) in [4.78, 5) is 14.3. The van der Waals surface area contributed by atoms with Crippen molar-refractivity contribution in [2.75, 3.05) is 13.1 Å². The summed E-state index contributed by atoms with van der Waals surface area (Å²) in [6, 6.07) is 8.43. The molecule has 1 unspecified atom stereocenters. The zero-order chi connectivity index (χ0) is 11.5. The van der Waals surface area contributed by atoms with Crippen molar-refractivity contribution in [2.45, 2.75) is 32.7 Å². The van der Waals surface area contributed by atoms with E-state index in [0.717, 1.165) is 17.7 Å². The standard InChI is InChI=1S/C14H19NO/c1-11-5-3-7-13(9-11)14(16)10-15-8-4-6-12(15)2/h3,5,7,9,12H,4,6,8,10H2,1-2H3. The molecule has 0 spiro atoms. The Morgan fingerprint density at radius 3 is 2.94 bits per heavy atom. The molecule has 2 rings (SSSR count). The maximum absolute atomic E-state index is 12.1. The molecule has 0 saturated carbocycles. The van der Waals surface area contributed by atoms with Crippen molar-refractivity contribution < 1.29 is 4.79 Å². The van der Waals surface area contributed by atoms with Gasteiger partial charge in [0.25, 0.3) is 0 Å². The van der Waals surface area contributed by atoms with Gasteiger partial charge in [-0.2, -0.15) is 0 Å². The van der Waals surface area contributed by atoms with Gasteiger partial charge in [-0.15, -0.1) is 0 Å². The average molecular weight is 217 g/mol. The molecule has 0 bridgehead atoms. The number of carbonyl (C=O) groups is 1. The molecule has 1 aromatic carbocycles. The van der Waals surface area contributed by atoms with E-state index in [1.54, 1.807) is 0 Å². The van der Waals surface area contributed by atoms with Crippen LogP contribution in [0.1, 0.15) is 35.7 Å². The topological polar surface area (TPSA) is 20.3 Å². The summed E-state index contributed by atoms with van der Waals surface area (Å²) in [6.07, 6.45) is 2.45. The molecule has 1 atom stereocenters. The van der Waals surface area contributed by atoms with E-state index in [1.165, 1.54) is 12.8 Å². The first-order valence-corrected chi connectivity index (χ1v) is 6.01. The highest BCUT2D eigenvalue weighted by Gasteiger charge is 2.22. The minimum atomic E-state index is 0.248. The number of rotatable bonds is 3. The van der Waals surface area contributed by atoms with Crippen molar-refractivity contribution >= 4 is 5.78 Å². The fourth-order valence-electron chi connectivity index (χ4n) is 2.32. The normalized spacial score (nSPS) is 21.2. The Bertz CT molecular complexity index is 386. The van der Waals surface area contributed by atoms with Crippen molar-refractivity contribution in [3.8, 4) is 0 Å². The summed E-state index contributed by atoms with van der Waals surface area (Å²) in [7, 11) is 0. The maximum Gasteiger partial charge on any atom is 0.176 e. The molecule has 1 aromatic rings. The largest absolute Gasteiger partial charge is 0.293 e. The van der Waals surface area contributed by atoms with Crippen LogP contribution < -0.4 is 0 Å². The fourth-order valence-corrected chi connectivity index (χ4v) is 2.32. The summed E-state index contributed by atoms with van der Waals surface area (Å²) in [5.74, 6) is 0.248. The second-order valence-corrected chi connectivity index (χ2v) is 4.75. The monoisotopic (exact) mass is 217 g/mol. The van der Waals surface area contributed by atoms with Crippen LogP contribution in [0.4, 0.5) is 0 Å². The van der Waals surface area contributed by atoms with Crippen LogP contribution in [0.5, 0.6) is 0 Å². The molecule has 86 valence electrons. The lowest BCUT2D eigenvalue weighted by Gasteiger charge is -2.19. The number of hydrogen-bond donors (Lipinski definition) is 0. The Kier molecular flexibility index (Phi) is 3.39. The molecule has 1 aliphatic rings. The molecule has 1 heterocycles. The number of likely N-dealkylation sites (tertiary alicyclic amines) is 1. The quantitative estimate of drug-likeness (QED) is 0.725. The fraction of sp³-hybridized carbons (Fsp3) is 0.500. The van der Waals surface area contributed by atoms with Crippen LogP contribution in [0.2, 0.25) is 0 Å². The highest BCUT2D eigenvalue weighted by molar-refractivity contribution is 5.97. The van der Waals surface area contributed by atoms with Crippen LogP contribution in [0, 0.1) is 6.92 Å². The summed E-state index contributed by atoms with van der Waals surface area (Å²) < 4.78 is 0.